The zero-order valence-corrected chi connectivity index (χ0v) is 10.8. The topological polar surface area (TPSA) is 3.24 Å². The monoisotopic (exact) mass is 198 g/mol. The Morgan fingerprint density at radius 1 is 1.23 bits per heavy atom. The van der Waals surface area contributed by atoms with Crippen LogP contribution in [0.5, 0.6) is 0 Å². The minimum atomic E-state index is -0.493. The molecule has 2 atom stereocenters. The lowest BCUT2D eigenvalue weighted by molar-refractivity contribution is 0.264. The maximum atomic E-state index is 3.92. The molecule has 0 bridgehead atoms. The fourth-order valence-corrected chi connectivity index (χ4v) is 3.59. The normalized spacial score (nSPS) is 16.2. The number of nitrogens with zero attached hydrogens (tertiary/aromatic N) is 1. The first-order valence-electron chi connectivity index (χ1n) is 5.32. The van der Waals surface area contributed by atoms with Crippen LogP contribution in [-0.4, -0.2) is 25.6 Å². The molecule has 0 fully saturated rings. The van der Waals surface area contributed by atoms with Gasteiger partial charge in [-0.05, 0) is 12.8 Å². The first-order chi connectivity index (χ1) is 6.08. The lowest BCUT2D eigenvalue weighted by Gasteiger charge is -2.36. The zero-order valence-electron chi connectivity index (χ0n) is 9.80. The molecule has 0 aromatic rings. The van der Waals surface area contributed by atoms with E-state index >= 15 is 0 Å². The van der Waals surface area contributed by atoms with Gasteiger partial charge in [0.05, 0.1) is 0 Å². The molecule has 2 unspecified atom stereocenters. The minimum absolute atomic E-state index is 0.493. The molecule has 0 aliphatic rings. The summed E-state index contributed by atoms with van der Waals surface area (Å²) in [5.74, 6) is 0. The van der Waals surface area contributed by atoms with Gasteiger partial charge in [0.1, 0.15) is 0 Å². The summed E-state index contributed by atoms with van der Waals surface area (Å²) in [6, 6.07) is 1.40. The molecular weight excluding hydrogens is 174 g/mol. The SMILES string of the molecule is C=C[Si](C)N(C(C)CC)C(C)CC. The van der Waals surface area contributed by atoms with Crippen LogP contribution in [-0.2, 0) is 0 Å². The van der Waals surface area contributed by atoms with Gasteiger partial charge in [-0.25, -0.2) is 0 Å². The van der Waals surface area contributed by atoms with Crippen molar-refractivity contribution in [2.45, 2.75) is 59.2 Å². The second kappa shape index (κ2) is 6.38. The van der Waals surface area contributed by atoms with Gasteiger partial charge >= 0.3 is 0 Å². The summed E-state index contributed by atoms with van der Waals surface area (Å²) in [6.45, 7) is 15.4. The van der Waals surface area contributed by atoms with Gasteiger partial charge in [-0.3, -0.25) is 0 Å². The molecule has 13 heavy (non-hydrogen) atoms. The van der Waals surface area contributed by atoms with E-state index in [1.54, 1.807) is 0 Å². The van der Waals surface area contributed by atoms with E-state index in [0.717, 1.165) is 0 Å². The van der Waals surface area contributed by atoms with Crippen LogP contribution in [0.1, 0.15) is 40.5 Å². The second-order valence-electron chi connectivity index (χ2n) is 3.77. The highest BCUT2D eigenvalue weighted by Crippen LogP contribution is 2.14. The smallest absolute Gasteiger partial charge is 0.161 e. The highest BCUT2D eigenvalue weighted by Gasteiger charge is 2.22. The van der Waals surface area contributed by atoms with Gasteiger partial charge in [-0.2, -0.15) is 0 Å². The molecule has 1 nitrogen and oxygen atoms in total. The van der Waals surface area contributed by atoms with Crippen LogP contribution in [0.25, 0.3) is 0 Å². The van der Waals surface area contributed by atoms with Crippen LogP contribution in [0.3, 0.4) is 0 Å². The van der Waals surface area contributed by atoms with E-state index in [2.05, 4.69) is 51.1 Å². The first-order valence-corrected chi connectivity index (χ1v) is 7.35. The van der Waals surface area contributed by atoms with Gasteiger partial charge in [0, 0.05) is 12.1 Å². The van der Waals surface area contributed by atoms with Gasteiger partial charge in [-0.1, -0.05) is 39.9 Å². The Morgan fingerprint density at radius 3 is 1.85 bits per heavy atom. The van der Waals surface area contributed by atoms with Crippen molar-refractivity contribution in [1.82, 2.24) is 4.57 Å². The molecule has 0 amide bonds. The summed E-state index contributed by atoms with van der Waals surface area (Å²) in [6.07, 6.45) is 2.47. The summed E-state index contributed by atoms with van der Waals surface area (Å²) < 4.78 is 2.65. The summed E-state index contributed by atoms with van der Waals surface area (Å²) in [5.41, 5.74) is 2.14. The third-order valence-electron chi connectivity index (χ3n) is 2.83. The Labute approximate surface area is 85.5 Å². The van der Waals surface area contributed by atoms with Crippen molar-refractivity contribution < 1.29 is 0 Å². The largest absolute Gasteiger partial charge is 0.316 e. The second-order valence-corrected chi connectivity index (χ2v) is 5.97. The highest BCUT2D eigenvalue weighted by atomic mass is 28.3. The Hall–Kier alpha value is -0.0831. The van der Waals surface area contributed by atoms with Crippen LogP contribution in [0.2, 0.25) is 6.55 Å². The zero-order chi connectivity index (χ0) is 10.4. The van der Waals surface area contributed by atoms with Crippen LogP contribution >= 0.6 is 0 Å². The van der Waals surface area contributed by atoms with Gasteiger partial charge in [0.25, 0.3) is 0 Å². The molecule has 0 aliphatic heterocycles. The molecule has 0 saturated heterocycles. The summed E-state index contributed by atoms with van der Waals surface area (Å²) in [7, 11) is -0.493. The van der Waals surface area contributed by atoms with Gasteiger partial charge in [0.15, 0.2) is 8.96 Å². The van der Waals surface area contributed by atoms with E-state index in [-0.39, 0.29) is 0 Å². The van der Waals surface area contributed by atoms with Crippen molar-refractivity contribution in [2.24, 2.45) is 0 Å². The van der Waals surface area contributed by atoms with Crippen LogP contribution < -0.4 is 0 Å². The van der Waals surface area contributed by atoms with Gasteiger partial charge < -0.3 is 4.57 Å². The summed E-state index contributed by atoms with van der Waals surface area (Å²) in [5, 5.41) is 0. The first kappa shape index (κ1) is 12.9. The van der Waals surface area contributed by atoms with Crippen molar-refractivity contribution in [3.05, 3.63) is 12.3 Å². The minimum Gasteiger partial charge on any atom is -0.316 e. The van der Waals surface area contributed by atoms with Crippen LogP contribution in [0.15, 0.2) is 12.3 Å². The molecule has 0 aromatic carbocycles. The number of rotatable bonds is 6. The van der Waals surface area contributed by atoms with E-state index in [9.17, 15) is 0 Å². The van der Waals surface area contributed by atoms with E-state index in [1.807, 2.05) is 0 Å². The van der Waals surface area contributed by atoms with Crippen molar-refractivity contribution in [1.29, 1.82) is 0 Å². The van der Waals surface area contributed by atoms with Crippen molar-refractivity contribution in [3.8, 4) is 0 Å². The maximum Gasteiger partial charge on any atom is 0.161 e. The van der Waals surface area contributed by atoms with E-state index in [4.69, 9.17) is 0 Å². The Balaban J connectivity index is 4.43. The molecular formula is C11H24NSi. The van der Waals surface area contributed by atoms with Crippen LogP contribution in [0.4, 0.5) is 0 Å². The third kappa shape index (κ3) is 3.65. The highest BCUT2D eigenvalue weighted by molar-refractivity contribution is 6.59. The van der Waals surface area contributed by atoms with Gasteiger partial charge in [0.2, 0.25) is 0 Å². The Bertz CT molecular complexity index is 137. The fraction of sp³-hybridized carbons (Fsp3) is 0.818. The quantitative estimate of drug-likeness (QED) is 0.592. The van der Waals surface area contributed by atoms with E-state index in [0.29, 0.717) is 12.1 Å². The Kier molecular flexibility index (Phi) is 6.34. The predicted molar refractivity (Wildman–Crippen MR) is 63.2 cm³/mol. The van der Waals surface area contributed by atoms with Crippen molar-refractivity contribution >= 4 is 8.96 Å². The standard InChI is InChI=1S/C11H24NSi/c1-7-10(4)12(11(5)8-2)13(6)9-3/h9-11H,3,7-8H2,1-2,4-6H3. The molecule has 0 aromatic heterocycles. The molecule has 0 spiro atoms. The molecule has 0 saturated carbocycles. The molecule has 2 heteroatoms. The predicted octanol–water partition coefficient (Wildman–Crippen LogP) is 3.23. The molecule has 0 rings (SSSR count). The fourth-order valence-electron chi connectivity index (χ4n) is 1.63. The van der Waals surface area contributed by atoms with Crippen molar-refractivity contribution in [2.75, 3.05) is 0 Å². The Morgan fingerprint density at radius 2 is 1.62 bits per heavy atom. The third-order valence-corrected chi connectivity index (χ3v) is 5.12. The number of hydrogen-bond donors (Lipinski definition) is 0. The summed E-state index contributed by atoms with van der Waals surface area (Å²) in [4.78, 5) is 0. The van der Waals surface area contributed by atoms with E-state index < -0.39 is 8.96 Å². The van der Waals surface area contributed by atoms with Gasteiger partial charge in [-0.15, -0.1) is 6.58 Å². The molecule has 0 N–H and O–H groups in total. The summed E-state index contributed by atoms with van der Waals surface area (Å²) >= 11 is 0. The number of hydrogen-bond acceptors (Lipinski definition) is 1. The molecule has 0 aliphatic carbocycles. The van der Waals surface area contributed by atoms with Crippen molar-refractivity contribution in [3.63, 3.8) is 0 Å². The lowest BCUT2D eigenvalue weighted by Crippen LogP contribution is -2.47. The van der Waals surface area contributed by atoms with Crippen LogP contribution in [0, 0.1) is 0 Å². The molecule has 77 valence electrons. The molecule has 1 radical (unpaired) electrons. The average molecular weight is 198 g/mol. The maximum absolute atomic E-state index is 3.92. The molecule has 0 heterocycles. The van der Waals surface area contributed by atoms with E-state index in [1.165, 1.54) is 12.8 Å². The average Bonchev–Trinajstić information content (AvgIpc) is 2.16. The lowest BCUT2D eigenvalue weighted by atomic mass is 10.2.